The molecule has 4 fully saturated rings. The molecule has 5 rings (SSSR count). The number of Topliss-reactive ketones (excluding diaryl/α,β-unsaturated/α-hetero) is 1. The molecule has 3 saturated carbocycles. The third kappa shape index (κ3) is 5.05. The Morgan fingerprint density at radius 1 is 1.02 bits per heavy atom. The first-order chi connectivity index (χ1) is 20.3. The molecule has 8 heteroatoms. The van der Waals surface area contributed by atoms with Gasteiger partial charge in [-0.15, -0.1) is 0 Å². The Labute approximate surface area is 263 Å². The number of aliphatic hydroxyl groups is 5. The summed E-state index contributed by atoms with van der Waals surface area (Å²) in [7, 11) is 0. The van der Waals surface area contributed by atoms with Crippen molar-refractivity contribution in [3.05, 3.63) is 23.5 Å². The average Bonchev–Trinajstić information content (AvgIpc) is 3.32. The van der Waals surface area contributed by atoms with Crippen molar-refractivity contribution >= 4 is 5.78 Å². The molecule has 0 bridgehead atoms. The fourth-order valence-corrected chi connectivity index (χ4v) is 11.0. The molecule has 5 N–H and O–H groups in total. The van der Waals surface area contributed by atoms with Crippen LogP contribution in [0, 0.1) is 45.3 Å². The van der Waals surface area contributed by atoms with Crippen LogP contribution in [0.1, 0.15) is 107 Å². The van der Waals surface area contributed by atoms with Crippen molar-refractivity contribution in [2.45, 2.75) is 143 Å². The quantitative estimate of drug-likeness (QED) is 0.260. The first kappa shape index (κ1) is 34.1. The van der Waals surface area contributed by atoms with E-state index in [0.717, 1.165) is 32.1 Å². The second-order valence-corrected chi connectivity index (χ2v) is 16.8. The number of hydrogen-bond acceptors (Lipinski definition) is 8. The summed E-state index contributed by atoms with van der Waals surface area (Å²) >= 11 is 0. The standard InChI is InChI=1S/C36H58O8/c1-20(2)10-9-14-36(8,42)21-11-16-35(7)27(21)22(38)18-25-33(5)15-13-26(32(3,4)24(33)12-17-34(25,35)6)44-31-30(41)29(40)28(39)23(19-37)43-31/h10,13,21,23-25,27-31,37,39-42H,9,11-12,14-19H2,1-8H3/t21?,23?,24?,25?,27?,28-,29?,30?,31+,33+,34-,35-,36?/m1/s1. The van der Waals surface area contributed by atoms with E-state index in [1.165, 1.54) is 5.57 Å². The Morgan fingerprint density at radius 2 is 1.68 bits per heavy atom. The number of fused-ring (bicyclic) bond motifs is 5. The molecule has 4 aliphatic carbocycles. The fourth-order valence-electron chi connectivity index (χ4n) is 11.0. The van der Waals surface area contributed by atoms with Crippen LogP contribution in [0.25, 0.3) is 0 Å². The molecule has 0 aromatic rings. The van der Waals surface area contributed by atoms with Crippen LogP contribution in [0.4, 0.5) is 0 Å². The lowest BCUT2D eigenvalue weighted by Crippen LogP contribution is -2.64. The third-order valence-corrected chi connectivity index (χ3v) is 13.8. The van der Waals surface area contributed by atoms with E-state index in [1.54, 1.807) is 0 Å². The molecule has 13 atom stereocenters. The number of carbonyl (C=O) groups excluding carboxylic acids is 1. The predicted molar refractivity (Wildman–Crippen MR) is 167 cm³/mol. The number of aliphatic hydroxyl groups excluding tert-OH is 4. The van der Waals surface area contributed by atoms with Crippen molar-refractivity contribution in [1.82, 2.24) is 0 Å². The van der Waals surface area contributed by atoms with Gasteiger partial charge in [-0.05, 0) is 106 Å². The Kier molecular flexibility index (Phi) is 8.86. The van der Waals surface area contributed by atoms with Crippen molar-refractivity contribution in [3.8, 4) is 0 Å². The largest absolute Gasteiger partial charge is 0.466 e. The zero-order valence-corrected chi connectivity index (χ0v) is 28.2. The lowest BCUT2D eigenvalue weighted by molar-refractivity contribution is -0.297. The number of rotatable bonds is 7. The summed E-state index contributed by atoms with van der Waals surface area (Å²) in [5, 5.41) is 52.6. The highest BCUT2D eigenvalue weighted by Crippen LogP contribution is 2.75. The van der Waals surface area contributed by atoms with Crippen molar-refractivity contribution in [2.75, 3.05) is 6.61 Å². The van der Waals surface area contributed by atoms with Crippen molar-refractivity contribution in [1.29, 1.82) is 0 Å². The molecule has 250 valence electrons. The summed E-state index contributed by atoms with van der Waals surface area (Å²) in [6.07, 6.45) is 4.11. The van der Waals surface area contributed by atoms with Crippen LogP contribution < -0.4 is 0 Å². The molecule has 1 aliphatic heterocycles. The summed E-state index contributed by atoms with van der Waals surface area (Å²) in [4.78, 5) is 14.3. The molecule has 0 radical (unpaired) electrons. The lowest BCUT2D eigenvalue weighted by Gasteiger charge is -2.68. The molecule has 1 saturated heterocycles. The van der Waals surface area contributed by atoms with E-state index in [-0.39, 0.29) is 39.9 Å². The summed E-state index contributed by atoms with van der Waals surface area (Å²) in [6.45, 7) is 17.0. The monoisotopic (exact) mass is 618 g/mol. The number of hydrogen-bond donors (Lipinski definition) is 5. The molecular formula is C36H58O8. The first-order valence-electron chi connectivity index (χ1n) is 16.9. The summed E-state index contributed by atoms with van der Waals surface area (Å²) in [6, 6.07) is 0. The van der Waals surface area contributed by atoms with E-state index in [4.69, 9.17) is 9.47 Å². The van der Waals surface area contributed by atoms with Gasteiger partial charge >= 0.3 is 0 Å². The summed E-state index contributed by atoms with van der Waals surface area (Å²) in [5.41, 5.74) is -0.487. The molecule has 0 amide bonds. The maximum atomic E-state index is 14.3. The lowest BCUT2D eigenvalue weighted by atomic mass is 9.36. The van der Waals surface area contributed by atoms with Gasteiger partial charge in [0.2, 0.25) is 6.29 Å². The summed E-state index contributed by atoms with van der Waals surface area (Å²) < 4.78 is 12.0. The normalized spacial score (nSPS) is 47.9. The van der Waals surface area contributed by atoms with Crippen molar-refractivity contribution in [2.24, 2.45) is 45.3 Å². The number of carbonyl (C=O) groups is 1. The van der Waals surface area contributed by atoms with E-state index in [1.807, 2.05) is 6.92 Å². The van der Waals surface area contributed by atoms with E-state index in [2.05, 4.69) is 60.6 Å². The predicted octanol–water partition coefficient (Wildman–Crippen LogP) is 4.66. The smallest absolute Gasteiger partial charge is 0.228 e. The zero-order chi connectivity index (χ0) is 32.6. The van der Waals surface area contributed by atoms with Gasteiger partial charge in [0.25, 0.3) is 0 Å². The fraction of sp³-hybridized carbons (Fsp3) is 0.861. The van der Waals surface area contributed by atoms with Crippen LogP contribution in [-0.2, 0) is 14.3 Å². The first-order valence-corrected chi connectivity index (χ1v) is 16.9. The second kappa shape index (κ2) is 11.4. The van der Waals surface area contributed by atoms with Gasteiger partial charge in [-0.1, -0.05) is 46.3 Å². The Morgan fingerprint density at radius 3 is 2.32 bits per heavy atom. The minimum absolute atomic E-state index is 0.0323. The molecular weight excluding hydrogens is 560 g/mol. The van der Waals surface area contributed by atoms with Gasteiger partial charge in [-0.3, -0.25) is 4.79 Å². The highest BCUT2D eigenvalue weighted by molar-refractivity contribution is 5.84. The highest BCUT2D eigenvalue weighted by atomic mass is 16.7. The molecule has 0 aromatic heterocycles. The Hall–Kier alpha value is -1.29. The molecule has 1 heterocycles. The van der Waals surface area contributed by atoms with E-state index in [9.17, 15) is 30.3 Å². The third-order valence-electron chi connectivity index (χ3n) is 13.8. The van der Waals surface area contributed by atoms with E-state index < -0.39 is 48.3 Å². The van der Waals surface area contributed by atoms with Gasteiger partial charge < -0.3 is 35.0 Å². The number of ether oxygens (including phenoxy) is 2. The highest BCUT2D eigenvalue weighted by Gasteiger charge is 2.71. The molecule has 0 aromatic carbocycles. The molecule has 5 aliphatic rings. The van der Waals surface area contributed by atoms with Gasteiger partial charge in [-0.2, -0.15) is 0 Å². The van der Waals surface area contributed by atoms with Gasteiger partial charge in [0, 0.05) is 17.8 Å². The second-order valence-electron chi connectivity index (χ2n) is 16.8. The van der Waals surface area contributed by atoms with E-state index in [0.29, 0.717) is 30.8 Å². The minimum Gasteiger partial charge on any atom is -0.466 e. The minimum atomic E-state index is -1.50. The molecule has 44 heavy (non-hydrogen) atoms. The number of allylic oxidation sites excluding steroid dienone is 4. The van der Waals surface area contributed by atoms with Crippen LogP contribution in [0.3, 0.4) is 0 Å². The number of ketones is 1. The van der Waals surface area contributed by atoms with Crippen LogP contribution in [0.5, 0.6) is 0 Å². The van der Waals surface area contributed by atoms with Crippen molar-refractivity contribution in [3.63, 3.8) is 0 Å². The van der Waals surface area contributed by atoms with Gasteiger partial charge in [0.1, 0.15) is 36.0 Å². The van der Waals surface area contributed by atoms with Crippen molar-refractivity contribution < 1.29 is 39.8 Å². The molecule has 0 spiro atoms. The van der Waals surface area contributed by atoms with Gasteiger partial charge in [0.05, 0.1) is 12.2 Å². The molecule has 8 nitrogen and oxygen atoms in total. The average molecular weight is 619 g/mol. The maximum absolute atomic E-state index is 14.3. The van der Waals surface area contributed by atoms with E-state index >= 15 is 0 Å². The zero-order valence-electron chi connectivity index (χ0n) is 28.2. The van der Waals surface area contributed by atoms with Crippen LogP contribution >= 0.6 is 0 Å². The van der Waals surface area contributed by atoms with Crippen LogP contribution in [0.15, 0.2) is 23.5 Å². The SMILES string of the molecule is CC(C)=CCCC(C)(O)C1CC[C@]2(C)C1C(=O)CC1[C@@]3(C)CC=C(O[C@@H]4OC(CO)[C@@H](O)C(O)C4O)C(C)(C)C3CC[C@]12C. The Bertz CT molecular complexity index is 1170. The van der Waals surface area contributed by atoms with Crippen LogP contribution in [-0.4, -0.2) is 74.2 Å². The maximum Gasteiger partial charge on any atom is 0.228 e. The van der Waals surface area contributed by atoms with Gasteiger partial charge in [0.15, 0.2) is 0 Å². The topological polar surface area (TPSA) is 137 Å². The van der Waals surface area contributed by atoms with Crippen LogP contribution in [0.2, 0.25) is 0 Å². The molecule has 8 unspecified atom stereocenters. The summed E-state index contributed by atoms with van der Waals surface area (Å²) in [5.74, 6) is 1.20. The Balaban J connectivity index is 1.41. The van der Waals surface area contributed by atoms with Gasteiger partial charge in [-0.25, -0.2) is 0 Å².